The second-order valence-corrected chi connectivity index (χ2v) is 4.83. The van der Waals surface area contributed by atoms with Gasteiger partial charge in [-0.3, -0.25) is 9.36 Å². The summed E-state index contributed by atoms with van der Waals surface area (Å²) in [6.07, 6.45) is -6.81. The molecule has 1 aromatic heterocycles. The third-order valence-corrected chi connectivity index (χ3v) is 3.48. The van der Waals surface area contributed by atoms with Crippen LogP contribution in [0.3, 0.4) is 0 Å². The molecule has 9 nitrogen and oxygen atoms in total. The van der Waals surface area contributed by atoms with Gasteiger partial charge in [-0.15, -0.1) is 0 Å². The molecule has 10 heteroatoms. The van der Waals surface area contributed by atoms with E-state index in [0.717, 1.165) is 0 Å². The minimum absolute atomic E-state index is 0.497. The molecule has 1 aliphatic rings. The summed E-state index contributed by atoms with van der Waals surface area (Å²) in [6.45, 7) is -0.830. The fourth-order valence-electron chi connectivity index (χ4n) is 2.21. The van der Waals surface area contributed by atoms with E-state index < -0.39 is 53.9 Å². The van der Waals surface area contributed by atoms with Crippen LogP contribution in [0.15, 0.2) is 17.1 Å². The van der Waals surface area contributed by atoms with E-state index in [1.807, 2.05) is 0 Å². The molecule has 5 atom stereocenters. The molecule has 2 rings (SSSR count). The van der Waals surface area contributed by atoms with Crippen LogP contribution in [0.4, 0.5) is 4.39 Å². The van der Waals surface area contributed by atoms with E-state index in [1.165, 1.54) is 6.07 Å². The summed E-state index contributed by atoms with van der Waals surface area (Å²) in [6, 6.07) is 1.81. The highest BCUT2D eigenvalue weighted by atomic mass is 19.1. The number of halogens is 1. The van der Waals surface area contributed by atoms with Gasteiger partial charge in [0.05, 0.1) is 6.61 Å². The summed E-state index contributed by atoms with van der Waals surface area (Å²) >= 11 is 0. The summed E-state index contributed by atoms with van der Waals surface area (Å²) < 4.78 is 19.0. The molecule has 120 valence electrons. The Labute approximate surface area is 122 Å². The molecule has 0 unspecified atom stereocenters. The number of rotatable bonds is 2. The highest BCUT2D eigenvalue weighted by Gasteiger charge is 2.56. The summed E-state index contributed by atoms with van der Waals surface area (Å²) in [7, 11) is 0. The van der Waals surface area contributed by atoms with Crippen molar-refractivity contribution in [1.82, 2.24) is 4.57 Å². The first-order valence-electron chi connectivity index (χ1n) is 6.13. The first-order chi connectivity index (χ1) is 10.3. The van der Waals surface area contributed by atoms with Crippen molar-refractivity contribution in [3.63, 3.8) is 0 Å². The van der Waals surface area contributed by atoms with Gasteiger partial charge in [0.15, 0.2) is 17.8 Å². The van der Waals surface area contributed by atoms with E-state index in [1.54, 1.807) is 0 Å². The average Bonchev–Trinajstić information content (AvgIpc) is 2.49. The molecule has 1 saturated heterocycles. The fourth-order valence-corrected chi connectivity index (χ4v) is 2.21. The molecule has 1 aliphatic heterocycles. The topological polar surface area (TPSA) is 156 Å². The van der Waals surface area contributed by atoms with E-state index in [2.05, 4.69) is 0 Å². The van der Waals surface area contributed by atoms with Gasteiger partial charge in [-0.1, -0.05) is 0 Å². The van der Waals surface area contributed by atoms with Crippen molar-refractivity contribution in [2.75, 3.05) is 6.61 Å². The van der Waals surface area contributed by atoms with Crippen LogP contribution in [0.1, 0.15) is 6.23 Å². The van der Waals surface area contributed by atoms with E-state index in [4.69, 9.17) is 20.2 Å². The lowest BCUT2D eigenvalue weighted by molar-refractivity contribution is -0.276. The molecule has 0 radical (unpaired) electrons. The molecule has 1 fully saturated rings. The SMILES string of the molecule is N#C[C@]1(O)[C@H](O)[C@@H](CO)O[C@@H](n2cc(F)c(O)cc2=O)[C@@H]1O. The van der Waals surface area contributed by atoms with Crippen LogP contribution in [0.2, 0.25) is 0 Å². The second kappa shape index (κ2) is 5.64. The molecule has 22 heavy (non-hydrogen) atoms. The first kappa shape index (κ1) is 16.3. The smallest absolute Gasteiger partial charge is 0.256 e. The highest BCUT2D eigenvalue weighted by Crippen LogP contribution is 2.34. The van der Waals surface area contributed by atoms with Crippen LogP contribution in [0.25, 0.3) is 0 Å². The number of aliphatic hydroxyl groups is 4. The molecule has 0 aromatic carbocycles. The number of ether oxygens (including phenoxy) is 1. The maximum Gasteiger partial charge on any atom is 0.256 e. The Hall–Kier alpha value is -2.03. The zero-order valence-corrected chi connectivity index (χ0v) is 11.0. The van der Waals surface area contributed by atoms with Gasteiger partial charge in [0.2, 0.25) is 5.60 Å². The molecule has 0 spiro atoms. The van der Waals surface area contributed by atoms with Crippen molar-refractivity contribution < 1.29 is 34.7 Å². The Balaban J connectivity index is 2.54. The first-order valence-corrected chi connectivity index (χ1v) is 6.13. The van der Waals surface area contributed by atoms with E-state index in [9.17, 15) is 24.5 Å². The van der Waals surface area contributed by atoms with Crippen molar-refractivity contribution in [2.45, 2.75) is 30.1 Å². The standard InChI is InChI=1S/C12H13FN2O7/c13-5-2-15(8(18)1-6(5)17)11-10(20)12(21,4-14)9(19)7(3-16)22-11/h1-2,7,9-11,16-17,19-21H,3H2/t7-,9-,10+,11-,12+/m1/s1. The van der Waals surface area contributed by atoms with E-state index >= 15 is 0 Å². The number of aromatic hydroxyl groups is 1. The lowest BCUT2D eigenvalue weighted by Crippen LogP contribution is -2.65. The number of pyridine rings is 1. The molecule has 1 aromatic rings. The number of hydrogen-bond acceptors (Lipinski definition) is 8. The normalized spacial score (nSPS) is 35.1. The van der Waals surface area contributed by atoms with Gasteiger partial charge in [0.25, 0.3) is 5.56 Å². The van der Waals surface area contributed by atoms with Crippen molar-refractivity contribution >= 4 is 0 Å². The van der Waals surface area contributed by atoms with Gasteiger partial charge < -0.3 is 30.3 Å². The Bertz CT molecular complexity index is 672. The third-order valence-electron chi connectivity index (χ3n) is 3.48. The summed E-state index contributed by atoms with van der Waals surface area (Å²) in [5.74, 6) is -2.14. The molecule has 2 heterocycles. The lowest BCUT2D eigenvalue weighted by atomic mass is 9.84. The van der Waals surface area contributed by atoms with Crippen LogP contribution in [-0.4, -0.2) is 60.6 Å². The maximum absolute atomic E-state index is 13.4. The number of hydrogen-bond donors (Lipinski definition) is 5. The van der Waals surface area contributed by atoms with Crippen LogP contribution in [-0.2, 0) is 4.74 Å². The Morgan fingerprint density at radius 3 is 2.64 bits per heavy atom. The van der Waals surface area contributed by atoms with Crippen LogP contribution in [0.5, 0.6) is 5.75 Å². The second-order valence-electron chi connectivity index (χ2n) is 4.83. The van der Waals surface area contributed by atoms with Crippen LogP contribution in [0, 0.1) is 17.1 Å². The Kier molecular flexibility index (Phi) is 4.19. The van der Waals surface area contributed by atoms with Gasteiger partial charge in [0.1, 0.15) is 24.4 Å². The molecular weight excluding hydrogens is 303 g/mol. The van der Waals surface area contributed by atoms with Gasteiger partial charge >= 0.3 is 0 Å². The number of nitriles is 1. The monoisotopic (exact) mass is 316 g/mol. The number of nitrogens with zero attached hydrogens (tertiary/aromatic N) is 2. The predicted octanol–water partition coefficient (Wildman–Crippen LogP) is -2.44. The number of aromatic nitrogens is 1. The molecule has 5 N–H and O–H groups in total. The minimum atomic E-state index is -2.75. The zero-order valence-electron chi connectivity index (χ0n) is 11.0. The average molecular weight is 316 g/mol. The summed E-state index contributed by atoms with van der Waals surface area (Å²) in [4.78, 5) is 11.8. The molecule has 0 aliphatic carbocycles. The summed E-state index contributed by atoms with van der Waals surface area (Å²) in [5.41, 5.74) is -3.74. The van der Waals surface area contributed by atoms with Crippen molar-refractivity contribution in [2.24, 2.45) is 0 Å². The van der Waals surface area contributed by atoms with Gasteiger partial charge in [-0.25, -0.2) is 4.39 Å². The van der Waals surface area contributed by atoms with Crippen molar-refractivity contribution in [1.29, 1.82) is 5.26 Å². The van der Waals surface area contributed by atoms with Gasteiger partial charge in [-0.2, -0.15) is 5.26 Å². The summed E-state index contributed by atoms with van der Waals surface area (Å²) in [5, 5.41) is 57.1. The zero-order chi connectivity index (χ0) is 16.7. The molecule has 0 bridgehead atoms. The molecule has 0 amide bonds. The largest absolute Gasteiger partial charge is 0.505 e. The Morgan fingerprint density at radius 2 is 2.09 bits per heavy atom. The lowest BCUT2D eigenvalue weighted by Gasteiger charge is -2.44. The fraction of sp³-hybridized carbons (Fsp3) is 0.500. The minimum Gasteiger partial charge on any atom is -0.505 e. The molecular formula is C12H13FN2O7. The third kappa shape index (κ3) is 2.35. The highest BCUT2D eigenvalue weighted by molar-refractivity contribution is 5.20. The van der Waals surface area contributed by atoms with Crippen molar-refractivity contribution in [3.8, 4) is 11.8 Å². The Morgan fingerprint density at radius 1 is 1.45 bits per heavy atom. The van der Waals surface area contributed by atoms with Gasteiger partial charge in [-0.05, 0) is 0 Å². The van der Waals surface area contributed by atoms with E-state index in [-0.39, 0.29) is 0 Å². The van der Waals surface area contributed by atoms with Gasteiger partial charge in [0, 0.05) is 12.3 Å². The maximum atomic E-state index is 13.4. The van der Waals surface area contributed by atoms with Crippen molar-refractivity contribution in [3.05, 3.63) is 28.4 Å². The van der Waals surface area contributed by atoms with Crippen LogP contribution >= 0.6 is 0 Å². The van der Waals surface area contributed by atoms with E-state index in [0.29, 0.717) is 16.8 Å². The molecule has 0 saturated carbocycles. The number of aliphatic hydroxyl groups excluding tert-OH is 3. The predicted molar refractivity (Wildman–Crippen MR) is 65.9 cm³/mol. The van der Waals surface area contributed by atoms with Crippen LogP contribution < -0.4 is 5.56 Å². The quantitative estimate of drug-likeness (QED) is 0.377.